The molecular formula is C13H13F3O2S. The van der Waals surface area contributed by atoms with Crippen molar-refractivity contribution in [1.29, 1.82) is 0 Å². The molecule has 0 radical (unpaired) electrons. The molecule has 0 saturated heterocycles. The van der Waals surface area contributed by atoms with Crippen LogP contribution in [0.4, 0.5) is 13.2 Å². The molecule has 1 rings (SSSR count). The Balaban J connectivity index is 2.65. The van der Waals surface area contributed by atoms with Crippen molar-refractivity contribution in [2.24, 2.45) is 0 Å². The van der Waals surface area contributed by atoms with Crippen molar-refractivity contribution in [2.45, 2.75) is 20.0 Å². The second-order valence-electron chi connectivity index (χ2n) is 3.59. The highest BCUT2D eigenvalue weighted by molar-refractivity contribution is 8.13. The minimum Gasteiger partial charge on any atom is -0.434 e. The highest BCUT2D eigenvalue weighted by Crippen LogP contribution is 2.23. The molecule has 0 heterocycles. The van der Waals surface area contributed by atoms with E-state index >= 15 is 0 Å². The smallest absolute Gasteiger partial charge is 0.387 e. The molecule has 0 bridgehead atoms. The number of hydrogen-bond donors (Lipinski definition) is 0. The van der Waals surface area contributed by atoms with Crippen LogP contribution in [0, 0.1) is 5.82 Å². The molecule has 104 valence electrons. The molecule has 0 aliphatic carbocycles. The van der Waals surface area contributed by atoms with Gasteiger partial charge in [0, 0.05) is 24.3 Å². The van der Waals surface area contributed by atoms with Crippen LogP contribution in [0.15, 0.2) is 24.3 Å². The van der Waals surface area contributed by atoms with Crippen LogP contribution in [-0.4, -0.2) is 17.5 Å². The van der Waals surface area contributed by atoms with Gasteiger partial charge in [-0.25, -0.2) is 4.39 Å². The molecule has 0 N–H and O–H groups in total. The van der Waals surface area contributed by atoms with E-state index in [4.69, 9.17) is 0 Å². The lowest BCUT2D eigenvalue weighted by Crippen LogP contribution is -2.03. The van der Waals surface area contributed by atoms with E-state index in [-0.39, 0.29) is 10.9 Å². The van der Waals surface area contributed by atoms with Gasteiger partial charge in [-0.1, -0.05) is 23.9 Å². The largest absolute Gasteiger partial charge is 0.434 e. The fourth-order valence-electron chi connectivity index (χ4n) is 1.32. The van der Waals surface area contributed by atoms with Gasteiger partial charge in [0.15, 0.2) is 5.12 Å². The predicted octanol–water partition coefficient (Wildman–Crippen LogP) is 4.11. The fourth-order valence-corrected chi connectivity index (χ4v) is 1.87. The van der Waals surface area contributed by atoms with E-state index in [9.17, 15) is 18.0 Å². The second-order valence-corrected chi connectivity index (χ2v) is 4.86. The Morgan fingerprint density at radius 3 is 2.84 bits per heavy atom. The molecule has 0 saturated carbocycles. The van der Waals surface area contributed by atoms with Gasteiger partial charge in [0.2, 0.25) is 0 Å². The Hall–Kier alpha value is -1.43. The summed E-state index contributed by atoms with van der Waals surface area (Å²) in [5.41, 5.74) is 0.370. The molecule has 2 nitrogen and oxygen atoms in total. The zero-order chi connectivity index (χ0) is 14.3. The van der Waals surface area contributed by atoms with E-state index in [0.717, 1.165) is 6.07 Å². The van der Waals surface area contributed by atoms with Crippen LogP contribution in [0.1, 0.15) is 18.9 Å². The minimum atomic E-state index is -3.00. The highest BCUT2D eigenvalue weighted by Gasteiger charge is 2.09. The number of rotatable bonds is 6. The van der Waals surface area contributed by atoms with Gasteiger partial charge < -0.3 is 4.74 Å². The highest BCUT2D eigenvalue weighted by atomic mass is 32.2. The zero-order valence-corrected chi connectivity index (χ0v) is 11.1. The SMILES string of the molecule is CC(=O)SCCC=Cc1ccc(F)cc1OC(F)F. The molecule has 6 heteroatoms. The summed E-state index contributed by atoms with van der Waals surface area (Å²) >= 11 is 1.18. The normalized spacial score (nSPS) is 11.2. The Kier molecular flexibility index (Phi) is 6.49. The first kappa shape index (κ1) is 15.6. The molecule has 0 aromatic heterocycles. The number of allylic oxidation sites excluding steroid dienone is 1. The average molecular weight is 290 g/mol. The van der Waals surface area contributed by atoms with Crippen LogP contribution in [0.2, 0.25) is 0 Å². The maximum absolute atomic E-state index is 12.9. The average Bonchev–Trinajstić information content (AvgIpc) is 2.30. The lowest BCUT2D eigenvalue weighted by atomic mass is 10.1. The van der Waals surface area contributed by atoms with Crippen LogP contribution in [-0.2, 0) is 4.79 Å². The van der Waals surface area contributed by atoms with Gasteiger partial charge in [-0.3, -0.25) is 4.79 Å². The molecule has 19 heavy (non-hydrogen) atoms. The first-order valence-corrected chi connectivity index (χ1v) is 6.52. The van der Waals surface area contributed by atoms with Gasteiger partial charge in [0.1, 0.15) is 11.6 Å². The third kappa shape index (κ3) is 6.33. The number of thioether (sulfide) groups is 1. The zero-order valence-electron chi connectivity index (χ0n) is 10.2. The number of ether oxygens (including phenoxy) is 1. The third-order valence-electron chi connectivity index (χ3n) is 2.08. The Morgan fingerprint density at radius 2 is 2.21 bits per heavy atom. The van der Waals surface area contributed by atoms with E-state index in [1.54, 1.807) is 12.2 Å². The van der Waals surface area contributed by atoms with E-state index in [1.165, 1.54) is 30.8 Å². The molecule has 1 aromatic rings. The maximum atomic E-state index is 12.9. The lowest BCUT2D eigenvalue weighted by molar-refractivity contribution is -0.109. The molecule has 0 unspecified atom stereocenters. The van der Waals surface area contributed by atoms with Gasteiger partial charge in [-0.2, -0.15) is 8.78 Å². The van der Waals surface area contributed by atoms with E-state index < -0.39 is 12.4 Å². The molecule has 0 amide bonds. The fraction of sp³-hybridized carbons (Fsp3) is 0.308. The van der Waals surface area contributed by atoms with Crippen LogP contribution in [0.3, 0.4) is 0 Å². The molecular weight excluding hydrogens is 277 g/mol. The standard InChI is InChI=1S/C13H13F3O2S/c1-9(17)19-7-3-2-4-10-5-6-11(14)8-12(10)18-13(15)16/h2,4-6,8,13H,3,7H2,1H3. The first-order chi connectivity index (χ1) is 8.99. The second kappa shape index (κ2) is 7.89. The number of benzene rings is 1. The number of carbonyl (C=O) groups excluding carboxylic acids is 1. The van der Waals surface area contributed by atoms with E-state index in [2.05, 4.69) is 4.74 Å². The van der Waals surface area contributed by atoms with Crippen LogP contribution in [0.25, 0.3) is 6.08 Å². The monoisotopic (exact) mass is 290 g/mol. The summed E-state index contributed by atoms with van der Waals surface area (Å²) in [6, 6.07) is 3.44. The number of hydrogen-bond acceptors (Lipinski definition) is 3. The summed E-state index contributed by atoms with van der Waals surface area (Å²) < 4.78 is 41.5. The van der Waals surface area contributed by atoms with Gasteiger partial charge in [-0.15, -0.1) is 0 Å². The van der Waals surface area contributed by atoms with Crippen LogP contribution >= 0.6 is 11.8 Å². The Morgan fingerprint density at radius 1 is 1.47 bits per heavy atom. The summed E-state index contributed by atoms with van der Waals surface area (Å²) in [6.45, 7) is -1.52. The van der Waals surface area contributed by atoms with Crippen molar-refractivity contribution in [3.8, 4) is 5.75 Å². The van der Waals surface area contributed by atoms with Crippen molar-refractivity contribution in [3.63, 3.8) is 0 Å². The quantitative estimate of drug-likeness (QED) is 0.737. The van der Waals surface area contributed by atoms with Gasteiger partial charge in [-0.05, 0) is 18.6 Å². The van der Waals surface area contributed by atoms with E-state index in [1.807, 2.05) is 0 Å². The Labute approximate surface area is 113 Å². The van der Waals surface area contributed by atoms with Gasteiger partial charge >= 0.3 is 6.61 Å². The Bertz CT molecular complexity index is 461. The molecule has 0 atom stereocenters. The van der Waals surface area contributed by atoms with Crippen molar-refractivity contribution >= 4 is 23.0 Å². The van der Waals surface area contributed by atoms with Crippen molar-refractivity contribution < 1.29 is 22.7 Å². The van der Waals surface area contributed by atoms with Crippen molar-refractivity contribution in [3.05, 3.63) is 35.7 Å². The molecule has 1 aromatic carbocycles. The molecule has 0 aliphatic heterocycles. The summed E-state index contributed by atoms with van der Waals surface area (Å²) in [7, 11) is 0. The van der Waals surface area contributed by atoms with Crippen molar-refractivity contribution in [2.75, 3.05) is 5.75 Å². The van der Waals surface area contributed by atoms with Gasteiger partial charge in [0.25, 0.3) is 0 Å². The molecule has 0 aliphatic rings. The van der Waals surface area contributed by atoms with Crippen LogP contribution in [0.5, 0.6) is 5.75 Å². The topological polar surface area (TPSA) is 26.3 Å². The lowest BCUT2D eigenvalue weighted by Gasteiger charge is -2.07. The molecule has 0 fully saturated rings. The van der Waals surface area contributed by atoms with Crippen LogP contribution < -0.4 is 4.74 Å². The van der Waals surface area contributed by atoms with E-state index in [0.29, 0.717) is 17.7 Å². The first-order valence-electron chi connectivity index (χ1n) is 5.53. The predicted molar refractivity (Wildman–Crippen MR) is 69.8 cm³/mol. The summed E-state index contributed by atoms with van der Waals surface area (Å²) in [5, 5.41) is 0.0249. The summed E-state index contributed by atoms with van der Waals surface area (Å²) in [6.07, 6.45) is 3.90. The number of halogens is 3. The summed E-state index contributed by atoms with van der Waals surface area (Å²) in [5.74, 6) is -0.233. The minimum absolute atomic E-state index is 0.0249. The summed E-state index contributed by atoms with van der Waals surface area (Å²) in [4.78, 5) is 10.7. The molecule has 0 spiro atoms. The van der Waals surface area contributed by atoms with Gasteiger partial charge in [0.05, 0.1) is 0 Å². The maximum Gasteiger partial charge on any atom is 0.387 e. The third-order valence-corrected chi connectivity index (χ3v) is 2.93. The number of alkyl halides is 2. The number of carbonyl (C=O) groups is 1. The van der Waals surface area contributed by atoms with Crippen molar-refractivity contribution in [1.82, 2.24) is 0 Å².